The first-order chi connectivity index (χ1) is 25.7. The van der Waals surface area contributed by atoms with E-state index >= 15 is 0 Å². The molecule has 1 aromatic heterocycles. The summed E-state index contributed by atoms with van der Waals surface area (Å²) in [7, 11) is 0. The van der Waals surface area contributed by atoms with Crippen LogP contribution in [0.4, 0.5) is 0 Å². The third-order valence-corrected chi connectivity index (χ3v) is 12.7. The van der Waals surface area contributed by atoms with Crippen LogP contribution in [-0.2, 0) is 66.7 Å². The van der Waals surface area contributed by atoms with E-state index in [1.165, 1.54) is 33.3 Å². The lowest BCUT2D eigenvalue weighted by molar-refractivity contribution is -0.221. The Labute approximate surface area is 318 Å². The summed E-state index contributed by atoms with van der Waals surface area (Å²) in [4.78, 5) is 93.2. The molecule has 2 aliphatic heterocycles. The first-order valence-corrected chi connectivity index (χ1v) is 18.4. The molecule has 12 atom stereocenters. The zero-order valence-corrected chi connectivity index (χ0v) is 32.5. The van der Waals surface area contributed by atoms with E-state index in [4.69, 9.17) is 37.6 Å². The van der Waals surface area contributed by atoms with Gasteiger partial charge in [-0.2, -0.15) is 0 Å². The van der Waals surface area contributed by atoms with Crippen LogP contribution in [0.15, 0.2) is 46.5 Å². The molecule has 4 fully saturated rings. The minimum absolute atomic E-state index is 0.00511. The average molecular weight is 769 g/mol. The highest BCUT2D eigenvalue weighted by Crippen LogP contribution is 2.73. The smallest absolute Gasteiger partial charge is 0.348 e. The number of rotatable bonds is 10. The second kappa shape index (κ2) is 13.7. The van der Waals surface area contributed by atoms with Crippen molar-refractivity contribution in [2.45, 2.75) is 123 Å². The van der Waals surface area contributed by atoms with Crippen molar-refractivity contribution < 1.29 is 71.1 Å². The normalized spacial score (nSPS) is 37.1. The summed E-state index contributed by atoms with van der Waals surface area (Å²) in [6.45, 7) is 17.4. The van der Waals surface area contributed by atoms with Gasteiger partial charge in [-0.3, -0.25) is 24.0 Å². The van der Waals surface area contributed by atoms with Crippen molar-refractivity contribution >= 4 is 41.6 Å². The first kappa shape index (κ1) is 39.9. The molecule has 0 spiro atoms. The van der Waals surface area contributed by atoms with Crippen LogP contribution in [0.1, 0.15) is 93.1 Å². The number of hydrogen-bond donors (Lipinski definition) is 0. The number of carbonyl (C=O) groups excluding carboxylic acids is 7. The minimum Gasteiger partial charge on any atom is -0.472 e. The molecular formula is C40H48O15. The van der Waals surface area contributed by atoms with Gasteiger partial charge in [0.05, 0.1) is 29.6 Å². The number of cyclic esters (lactones) is 1. The predicted molar refractivity (Wildman–Crippen MR) is 186 cm³/mol. The second-order valence-corrected chi connectivity index (χ2v) is 16.1. The van der Waals surface area contributed by atoms with E-state index in [0.717, 1.165) is 6.92 Å². The molecule has 0 radical (unpaired) electrons. The van der Waals surface area contributed by atoms with Crippen molar-refractivity contribution in [2.75, 3.05) is 6.61 Å². The molecule has 0 amide bonds. The monoisotopic (exact) mass is 768 g/mol. The van der Waals surface area contributed by atoms with Crippen molar-refractivity contribution in [3.63, 3.8) is 0 Å². The van der Waals surface area contributed by atoms with E-state index in [1.54, 1.807) is 33.8 Å². The second-order valence-electron chi connectivity index (χ2n) is 16.1. The fourth-order valence-electron chi connectivity index (χ4n) is 10.4. The van der Waals surface area contributed by atoms with Crippen molar-refractivity contribution in [2.24, 2.45) is 28.6 Å². The summed E-state index contributed by atoms with van der Waals surface area (Å²) in [5, 5.41) is 0. The van der Waals surface area contributed by atoms with Gasteiger partial charge in [-0.05, 0) is 30.5 Å². The fourth-order valence-corrected chi connectivity index (χ4v) is 10.4. The molecule has 5 aliphatic rings. The van der Waals surface area contributed by atoms with Crippen LogP contribution < -0.4 is 0 Å². The summed E-state index contributed by atoms with van der Waals surface area (Å²) < 4.78 is 47.8. The zero-order valence-electron chi connectivity index (χ0n) is 32.5. The van der Waals surface area contributed by atoms with Gasteiger partial charge in [-0.15, -0.1) is 0 Å². The number of esters is 6. The molecule has 0 bridgehead atoms. The van der Waals surface area contributed by atoms with E-state index in [9.17, 15) is 33.6 Å². The SMILES string of the molecule is C=C1[C@@H]2[C@@H](O[C@H]3CC(OC(C)=O)=C4C(=O)O[C@](C)(COC(C)=O)[C@H]4[C@]32C)[C@H](OC(=O)[C@H](OC(C)=O)[C@H](C)CC)[C@@]2(C)[C@H](c3ccoc3)CC(=O)[C@]12OC(C)=O. The van der Waals surface area contributed by atoms with Gasteiger partial charge < -0.3 is 37.6 Å². The minimum atomic E-state index is -2.13. The third-order valence-electron chi connectivity index (χ3n) is 12.7. The van der Waals surface area contributed by atoms with E-state index in [2.05, 4.69) is 6.58 Å². The van der Waals surface area contributed by atoms with Crippen LogP contribution >= 0.6 is 0 Å². The van der Waals surface area contributed by atoms with E-state index < -0.39 is 118 Å². The largest absolute Gasteiger partial charge is 0.472 e. The van der Waals surface area contributed by atoms with Crippen LogP contribution in [0.25, 0.3) is 0 Å². The molecule has 3 heterocycles. The number of fused-ring (bicyclic) bond motifs is 6. The molecule has 2 saturated carbocycles. The Balaban J connectivity index is 1.61. The molecule has 2 saturated heterocycles. The van der Waals surface area contributed by atoms with Gasteiger partial charge in [0.15, 0.2) is 11.4 Å². The molecule has 0 N–H and O–H groups in total. The predicted octanol–water partition coefficient (Wildman–Crippen LogP) is 4.21. The molecule has 15 heteroatoms. The van der Waals surface area contributed by atoms with Gasteiger partial charge in [0, 0.05) is 69.6 Å². The maximum Gasteiger partial charge on any atom is 0.348 e. The summed E-state index contributed by atoms with van der Waals surface area (Å²) in [6.07, 6.45) is -1.78. The van der Waals surface area contributed by atoms with Gasteiger partial charge in [-0.1, -0.05) is 34.3 Å². The Hall–Kier alpha value is -4.79. The highest BCUT2D eigenvalue weighted by atomic mass is 16.6. The molecule has 1 aromatic rings. The van der Waals surface area contributed by atoms with E-state index in [-0.39, 0.29) is 29.7 Å². The molecule has 15 nitrogen and oxygen atoms in total. The third kappa shape index (κ3) is 5.83. The summed E-state index contributed by atoms with van der Waals surface area (Å²) >= 11 is 0. The zero-order chi connectivity index (χ0) is 40.6. The Kier molecular flexibility index (Phi) is 9.97. The van der Waals surface area contributed by atoms with Crippen molar-refractivity contribution in [1.82, 2.24) is 0 Å². The highest BCUT2D eigenvalue weighted by Gasteiger charge is 2.82. The standard InChI is InChI=1S/C40H48O15/c1-11-18(2)31(51-22(6)43)36(47)53-34-32-30(19(3)40(54-23(7)44)27(45)14-25(39(34,40)10)24-12-13-48-16-24)38(9)28(52-32)15-26(50-21(5)42)29-33(38)37(8,55-35(29)46)17-49-20(4)41/h12-13,16,18,25,28,30-34H,3,11,14-15,17H2,1-2,4-10H3/t18-,25+,28+,30-,31-,32-,33+,34+,37-,38-,39-,40-/m1/s1. The molecule has 6 rings (SSSR count). The summed E-state index contributed by atoms with van der Waals surface area (Å²) in [6, 6.07) is 1.67. The number of ether oxygens (including phenoxy) is 7. The first-order valence-electron chi connectivity index (χ1n) is 18.4. The van der Waals surface area contributed by atoms with Crippen LogP contribution in [0, 0.1) is 28.6 Å². The van der Waals surface area contributed by atoms with E-state index in [1.807, 2.05) is 6.92 Å². The van der Waals surface area contributed by atoms with E-state index in [0.29, 0.717) is 12.0 Å². The van der Waals surface area contributed by atoms with Crippen molar-refractivity contribution in [1.29, 1.82) is 0 Å². The number of carbonyl (C=O) groups is 7. The lowest BCUT2D eigenvalue weighted by Gasteiger charge is -2.58. The number of ketones is 1. The van der Waals surface area contributed by atoms with Gasteiger partial charge in [-0.25, -0.2) is 9.59 Å². The van der Waals surface area contributed by atoms with Crippen molar-refractivity contribution in [3.8, 4) is 0 Å². The molecular weight excluding hydrogens is 720 g/mol. The number of furan rings is 1. The molecule has 3 aliphatic carbocycles. The fraction of sp³-hybridized carbons (Fsp3) is 0.625. The molecule has 0 aromatic carbocycles. The maximum atomic E-state index is 14.8. The summed E-state index contributed by atoms with van der Waals surface area (Å²) in [5.74, 6) is -8.42. The number of hydrogen-bond acceptors (Lipinski definition) is 15. The van der Waals surface area contributed by atoms with Gasteiger partial charge >= 0.3 is 35.8 Å². The Morgan fingerprint density at radius 1 is 0.982 bits per heavy atom. The van der Waals surface area contributed by atoms with Crippen LogP contribution in [0.5, 0.6) is 0 Å². The quantitative estimate of drug-likeness (QED) is 0.186. The van der Waals surface area contributed by atoms with Crippen LogP contribution in [0.2, 0.25) is 0 Å². The number of Topliss-reactive ketones (excluding diaryl/α,β-unsaturated/α-hetero) is 1. The van der Waals surface area contributed by atoms with Crippen LogP contribution in [0.3, 0.4) is 0 Å². The Morgan fingerprint density at radius 3 is 2.24 bits per heavy atom. The van der Waals surface area contributed by atoms with Gasteiger partial charge in [0.25, 0.3) is 0 Å². The van der Waals surface area contributed by atoms with Crippen LogP contribution in [-0.4, -0.2) is 83.8 Å². The molecule has 55 heavy (non-hydrogen) atoms. The Bertz CT molecular complexity index is 1880. The highest BCUT2D eigenvalue weighted by molar-refractivity contribution is 5.99. The maximum absolute atomic E-state index is 14.8. The molecule has 298 valence electrons. The lowest BCUT2D eigenvalue weighted by atomic mass is 9.47. The summed E-state index contributed by atoms with van der Waals surface area (Å²) in [5.41, 5.74) is -5.88. The van der Waals surface area contributed by atoms with Gasteiger partial charge in [0.2, 0.25) is 11.7 Å². The van der Waals surface area contributed by atoms with Gasteiger partial charge in [0.1, 0.15) is 24.6 Å². The van der Waals surface area contributed by atoms with Crippen molar-refractivity contribution in [3.05, 3.63) is 47.6 Å². The lowest BCUT2D eigenvalue weighted by Crippen LogP contribution is -2.69. The molecule has 0 unspecified atom stereocenters. The average Bonchev–Trinajstić information content (AvgIpc) is 3.84. The Morgan fingerprint density at radius 2 is 1.67 bits per heavy atom. The topological polar surface area (TPSA) is 197 Å².